The molecule has 0 bridgehead atoms. The fraction of sp³-hybridized carbons (Fsp3) is 0. The summed E-state index contributed by atoms with van der Waals surface area (Å²) in [4.78, 5) is 0. The molecule has 32 valence electrons. The topological polar surface area (TPSA) is 60.0 Å². The molecule has 0 rings (SSSR count). The van der Waals surface area contributed by atoms with Gasteiger partial charge in [0.2, 0.25) is 0 Å². The number of hydrogen-bond acceptors (Lipinski definition) is 0. The largest absolute Gasteiger partial charge is 4.00 e. The first-order valence-electron chi connectivity index (χ1n) is 0. The molecule has 0 heterocycles. The first-order valence-corrected chi connectivity index (χ1v) is 0. The van der Waals surface area contributed by atoms with Crippen molar-refractivity contribution in [2.24, 2.45) is 0 Å². The van der Waals surface area contributed by atoms with Crippen LogP contribution in [-0.2, 0) is 31.7 Å². The van der Waals surface area contributed by atoms with Crippen molar-refractivity contribution < 1.29 is 85.1 Å². The molecule has 0 unspecified atom stereocenters. The summed E-state index contributed by atoms with van der Waals surface area (Å²) in [6.07, 6.45) is 0. The van der Waals surface area contributed by atoms with Gasteiger partial charge in [-0.1, -0.05) is 0 Å². The molecule has 2 N–H and O–H groups in total. The summed E-state index contributed by atoms with van der Waals surface area (Å²) in [5.41, 5.74) is 0. The van der Waals surface area contributed by atoms with E-state index in [1.807, 2.05) is 0 Å². The van der Waals surface area contributed by atoms with Gasteiger partial charge >= 0.3 is 26.2 Å². The molecule has 0 saturated carbocycles. The molecule has 0 aliphatic rings. The Morgan fingerprint density at radius 1 is 0.800 bits per heavy atom. The number of rotatable bonds is 0. The first-order chi connectivity index (χ1) is 0. The summed E-state index contributed by atoms with van der Waals surface area (Å²) in [6.45, 7) is 0. The van der Waals surface area contributed by atoms with Crippen molar-refractivity contribution in [2.45, 2.75) is 0 Å². The maximum absolute atomic E-state index is 0. The predicted octanol–water partition coefficient (Wildman–Crippen LogP) is -6.94. The summed E-state index contributed by atoms with van der Waals surface area (Å²) in [5, 5.41) is 0. The molecule has 5 heavy (non-hydrogen) atoms. The van der Waals surface area contributed by atoms with Crippen molar-refractivity contribution in [3.05, 3.63) is 0 Å². The fourth-order valence-corrected chi connectivity index (χ4v) is 0. The molecule has 0 aliphatic heterocycles. The van der Waals surface area contributed by atoms with Gasteiger partial charge in [-0.3, -0.25) is 0 Å². The molecule has 0 saturated heterocycles. The third kappa shape index (κ3) is 22.2. The smallest absolute Gasteiger partial charge is 2.00 e. The quantitative estimate of drug-likeness (QED) is 0.376. The summed E-state index contributed by atoms with van der Waals surface area (Å²) < 4.78 is 0. The molecule has 0 aliphatic carbocycles. The van der Waals surface area contributed by atoms with Gasteiger partial charge < -0.3 is 58.9 Å². The molecule has 0 aromatic heterocycles. The van der Waals surface area contributed by atoms with Crippen LogP contribution in [0.3, 0.4) is 0 Å². The second-order valence-corrected chi connectivity index (χ2v) is 0. The van der Waals surface area contributed by atoms with Gasteiger partial charge in [-0.15, -0.1) is 0 Å². The van der Waals surface area contributed by atoms with Crippen LogP contribution in [0.25, 0.3) is 0 Å². The molecule has 0 aromatic rings. The van der Waals surface area contributed by atoms with Gasteiger partial charge in [-0.2, -0.15) is 0 Å². The van der Waals surface area contributed by atoms with Crippen LogP contribution in [0.2, 0.25) is 0 Å². The van der Waals surface area contributed by atoms with Gasteiger partial charge in [-0.05, 0) is 0 Å². The van der Waals surface area contributed by atoms with Gasteiger partial charge in [0.05, 0.1) is 0 Å². The van der Waals surface area contributed by atoms with Crippen molar-refractivity contribution in [3.63, 3.8) is 0 Å². The molecule has 0 spiro atoms. The van der Waals surface area contributed by atoms with Crippen LogP contribution in [0.4, 0.5) is 0 Å². The Balaban J connectivity index is 0. The van der Waals surface area contributed by atoms with Crippen molar-refractivity contribution in [1.29, 1.82) is 0 Å². The van der Waals surface area contributed by atoms with Gasteiger partial charge in [0.1, 0.15) is 0 Å². The molecule has 0 amide bonds. The monoisotopic (exact) mass is 378 g/mol. The maximum atomic E-state index is 0. The maximum Gasteiger partial charge on any atom is 4.00 e. The van der Waals surface area contributed by atoms with Gasteiger partial charge in [0.25, 0.3) is 0 Å². The molecule has 0 aromatic carbocycles. The fourth-order valence-electron chi connectivity index (χ4n) is 0. The number of halogens is 2. The van der Waals surface area contributed by atoms with E-state index in [0.717, 1.165) is 0 Å². The SMILES string of the molecule is O.[I-].[I-].[O-2].[Zr+4]. The zero-order chi connectivity index (χ0) is 0. The minimum Gasteiger partial charge on any atom is -2.00 e. The first kappa shape index (κ1) is 55.6. The van der Waals surface area contributed by atoms with Crippen LogP contribution in [-0.4, -0.2) is 5.48 Å². The second-order valence-electron chi connectivity index (χ2n) is 0. The van der Waals surface area contributed by atoms with E-state index in [2.05, 4.69) is 0 Å². The summed E-state index contributed by atoms with van der Waals surface area (Å²) in [6, 6.07) is 0. The van der Waals surface area contributed by atoms with E-state index < -0.39 is 0 Å². The van der Waals surface area contributed by atoms with E-state index >= 15 is 0 Å². The number of hydrogen-bond donors (Lipinski definition) is 0. The van der Waals surface area contributed by atoms with Crippen LogP contribution in [0.1, 0.15) is 0 Å². The Hall–Kier alpha value is 2.26. The minimum absolute atomic E-state index is 0. The van der Waals surface area contributed by atoms with E-state index in [1.165, 1.54) is 0 Å². The second kappa shape index (κ2) is 33.9. The predicted molar refractivity (Wildman–Crippen MR) is 4.30 cm³/mol. The zero-order valence-corrected chi connectivity index (χ0v) is 8.94. The molecule has 0 atom stereocenters. The summed E-state index contributed by atoms with van der Waals surface area (Å²) in [5.74, 6) is 0. The van der Waals surface area contributed by atoms with Crippen LogP contribution in [0, 0.1) is 0 Å². The van der Waals surface area contributed by atoms with Gasteiger partial charge in [0.15, 0.2) is 0 Å². The molecule has 0 fully saturated rings. The average Bonchev–Trinajstić information content (AvgIpc) is 0. The molecule has 2 nitrogen and oxygen atoms in total. The Labute approximate surface area is 83.9 Å². The normalized spacial score (nSPS) is 0. The average molecular weight is 379 g/mol. The van der Waals surface area contributed by atoms with E-state index in [9.17, 15) is 0 Å². The Bertz CT molecular complexity index is 7.61. The van der Waals surface area contributed by atoms with E-state index in [4.69, 9.17) is 0 Å². The van der Waals surface area contributed by atoms with Crippen LogP contribution >= 0.6 is 0 Å². The van der Waals surface area contributed by atoms with Crippen molar-refractivity contribution in [1.82, 2.24) is 0 Å². The zero-order valence-electron chi connectivity index (χ0n) is 2.16. The van der Waals surface area contributed by atoms with Crippen LogP contribution in [0.5, 0.6) is 0 Å². The summed E-state index contributed by atoms with van der Waals surface area (Å²) >= 11 is 0. The molecular weight excluding hydrogens is 377 g/mol. The Morgan fingerprint density at radius 2 is 0.800 bits per heavy atom. The Kier molecular flexibility index (Phi) is 377. The van der Waals surface area contributed by atoms with E-state index in [1.54, 1.807) is 0 Å². The molecule has 5 heteroatoms. The van der Waals surface area contributed by atoms with Crippen molar-refractivity contribution >= 4 is 0 Å². The van der Waals surface area contributed by atoms with Crippen molar-refractivity contribution in [3.8, 4) is 0 Å². The summed E-state index contributed by atoms with van der Waals surface area (Å²) in [7, 11) is 0. The third-order valence-electron chi connectivity index (χ3n) is 0. The minimum atomic E-state index is 0. The Morgan fingerprint density at radius 3 is 0.800 bits per heavy atom. The van der Waals surface area contributed by atoms with Crippen molar-refractivity contribution in [2.75, 3.05) is 0 Å². The third-order valence-corrected chi connectivity index (χ3v) is 0. The molecule has 0 radical (unpaired) electrons. The standard InChI is InChI=1S/2HI.H2O.O.Zr/h2*1H;1H2;;/q;;;-2;+4/p-2. The van der Waals surface area contributed by atoms with Crippen LogP contribution < -0.4 is 48.0 Å². The van der Waals surface area contributed by atoms with Gasteiger partial charge in [0, 0.05) is 0 Å². The van der Waals surface area contributed by atoms with Gasteiger partial charge in [-0.25, -0.2) is 0 Å². The van der Waals surface area contributed by atoms with E-state index in [-0.39, 0.29) is 85.1 Å². The molecular formula is H2I2O2Zr. The van der Waals surface area contributed by atoms with Crippen LogP contribution in [0.15, 0.2) is 0 Å². The van der Waals surface area contributed by atoms with E-state index in [0.29, 0.717) is 0 Å².